The van der Waals surface area contributed by atoms with Crippen LogP contribution in [0.5, 0.6) is 5.75 Å². The van der Waals surface area contributed by atoms with Gasteiger partial charge in [0, 0.05) is 43.4 Å². The van der Waals surface area contributed by atoms with Crippen LogP contribution < -0.4 is 15.8 Å². The third kappa shape index (κ3) is 3.87. The van der Waals surface area contributed by atoms with Crippen molar-refractivity contribution in [3.05, 3.63) is 23.8 Å². The minimum atomic E-state index is -0.198. The summed E-state index contributed by atoms with van der Waals surface area (Å²) >= 11 is 0. The first-order chi connectivity index (χ1) is 9.99. The molecule has 0 bridgehead atoms. The van der Waals surface area contributed by atoms with Gasteiger partial charge >= 0.3 is 0 Å². The number of rotatable bonds is 4. The van der Waals surface area contributed by atoms with Crippen molar-refractivity contribution < 1.29 is 14.3 Å². The van der Waals surface area contributed by atoms with Crippen molar-refractivity contribution in [2.24, 2.45) is 0 Å². The average molecular weight is 291 g/mol. The van der Waals surface area contributed by atoms with E-state index in [1.54, 1.807) is 30.1 Å². The standard InChI is InChI=1S/C15H21N3O3/c1-3-21-13-7-10(6-11(16)8-13)15(20)17-12-4-5-14(19)18(2)9-12/h6-8,12H,3-5,9,16H2,1-2H3,(H,17,20). The Morgan fingerprint density at radius 1 is 1.48 bits per heavy atom. The van der Waals surface area contributed by atoms with Crippen LogP contribution in [0.25, 0.3) is 0 Å². The lowest BCUT2D eigenvalue weighted by molar-refractivity contribution is -0.132. The van der Waals surface area contributed by atoms with Gasteiger partial charge in [-0.05, 0) is 25.5 Å². The Hall–Kier alpha value is -2.24. The quantitative estimate of drug-likeness (QED) is 0.811. The number of carbonyl (C=O) groups excluding carboxylic acids is 2. The van der Waals surface area contributed by atoms with Gasteiger partial charge in [-0.25, -0.2) is 0 Å². The van der Waals surface area contributed by atoms with E-state index in [-0.39, 0.29) is 17.9 Å². The molecule has 1 saturated heterocycles. The Bertz CT molecular complexity index is 545. The summed E-state index contributed by atoms with van der Waals surface area (Å²) in [5.74, 6) is 0.498. The lowest BCUT2D eigenvalue weighted by Crippen LogP contribution is -2.48. The Balaban J connectivity index is 2.04. The van der Waals surface area contributed by atoms with Crippen LogP contribution in [0.1, 0.15) is 30.1 Å². The molecule has 1 heterocycles. The van der Waals surface area contributed by atoms with Crippen LogP contribution in [0.15, 0.2) is 18.2 Å². The monoisotopic (exact) mass is 291 g/mol. The second-order valence-corrected chi connectivity index (χ2v) is 5.21. The number of ether oxygens (including phenoxy) is 1. The van der Waals surface area contributed by atoms with Crippen molar-refractivity contribution in [2.45, 2.75) is 25.8 Å². The molecular formula is C15H21N3O3. The first-order valence-electron chi connectivity index (χ1n) is 7.07. The topological polar surface area (TPSA) is 84.7 Å². The largest absolute Gasteiger partial charge is 0.494 e. The molecule has 114 valence electrons. The van der Waals surface area contributed by atoms with Crippen molar-refractivity contribution in [2.75, 3.05) is 25.9 Å². The summed E-state index contributed by atoms with van der Waals surface area (Å²) in [5.41, 5.74) is 6.75. The molecule has 2 rings (SSSR count). The normalized spacial score (nSPS) is 18.5. The van der Waals surface area contributed by atoms with E-state index in [1.165, 1.54) is 0 Å². The molecule has 0 spiro atoms. The highest BCUT2D eigenvalue weighted by atomic mass is 16.5. The number of nitrogens with one attached hydrogen (secondary N) is 1. The number of nitrogens with two attached hydrogens (primary N) is 1. The number of anilines is 1. The SMILES string of the molecule is CCOc1cc(N)cc(C(=O)NC2CCC(=O)N(C)C2)c1. The summed E-state index contributed by atoms with van der Waals surface area (Å²) in [6.45, 7) is 2.92. The fourth-order valence-electron chi connectivity index (χ4n) is 2.40. The molecule has 0 saturated carbocycles. The van der Waals surface area contributed by atoms with Crippen molar-refractivity contribution in [3.8, 4) is 5.75 Å². The number of amides is 2. The van der Waals surface area contributed by atoms with E-state index in [0.717, 1.165) is 0 Å². The van der Waals surface area contributed by atoms with Gasteiger partial charge in [-0.15, -0.1) is 0 Å². The molecule has 0 aromatic heterocycles. The number of likely N-dealkylation sites (N-methyl/N-ethyl adjacent to an activating group) is 1. The Morgan fingerprint density at radius 2 is 2.24 bits per heavy atom. The fraction of sp³-hybridized carbons (Fsp3) is 0.467. The summed E-state index contributed by atoms with van der Waals surface area (Å²) in [6, 6.07) is 4.95. The molecule has 1 atom stereocenters. The van der Waals surface area contributed by atoms with E-state index < -0.39 is 0 Å². The number of nitrogens with zero attached hydrogens (tertiary/aromatic N) is 1. The Kier molecular flexibility index (Phi) is 4.67. The number of benzene rings is 1. The van der Waals surface area contributed by atoms with E-state index in [1.807, 2.05) is 6.92 Å². The molecule has 1 aromatic carbocycles. The van der Waals surface area contributed by atoms with Gasteiger partial charge in [0.25, 0.3) is 5.91 Å². The zero-order valence-corrected chi connectivity index (χ0v) is 12.4. The highest BCUT2D eigenvalue weighted by Gasteiger charge is 2.24. The molecule has 2 amide bonds. The number of nitrogen functional groups attached to an aromatic ring is 1. The number of piperidine rings is 1. The molecule has 1 aliphatic rings. The van der Waals surface area contributed by atoms with Gasteiger partial charge in [0.2, 0.25) is 5.91 Å². The molecule has 3 N–H and O–H groups in total. The highest BCUT2D eigenvalue weighted by molar-refractivity contribution is 5.95. The first kappa shape index (κ1) is 15.2. The second-order valence-electron chi connectivity index (χ2n) is 5.21. The van der Waals surface area contributed by atoms with Crippen LogP contribution in [-0.2, 0) is 4.79 Å². The summed E-state index contributed by atoms with van der Waals surface area (Å²) in [7, 11) is 1.74. The lowest BCUT2D eigenvalue weighted by Gasteiger charge is -2.30. The van der Waals surface area contributed by atoms with Gasteiger partial charge in [-0.3, -0.25) is 9.59 Å². The highest BCUT2D eigenvalue weighted by Crippen LogP contribution is 2.19. The molecule has 1 aromatic rings. The van der Waals surface area contributed by atoms with E-state index >= 15 is 0 Å². The molecule has 6 nitrogen and oxygen atoms in total. The van der Waals surface area contributed by atoms with E-state index in [2.05, 4.69) is 5.32 Å². The van der Waals surface area contributed by atoms with Crippen LogP contribution in [0.4, 0.5) is 5.69 Å². The van der Waals surface area contributed by atoms with Gasteiger partial charge in [0.05, 0.1) is 6.61 Å². The zero-order chi connectivity index (χ0) is 15.4. The Labute approximate surface area is 124 Å². The summed E-state index contributed by atoms with van der Waals surface area (Å²) in [6.07, 6.45) is 1.12. The van der Waals surface area contributed by atoms with Gasteiger partial charge < -0.3 is 20.7 Å². The van der Waals surface area contributed by atoms with Crippen LogP contribution in [0, 0.1) is 0 Å². The molecule has 1 unspecified atom stereocenters. The summed E-state index contributed by atoms with van der Waals surface area (Å²) in [5, 5.41) is 2.94. The molecule has 1 aliphatic heterocycles. The average Bonchev–Trinajstić information content (AvgIpc) is 2.42. The predicted molar refractivity (Wildman–Crippen MR) is 80.1 cm³/mol. The van der Waals surface area contributed by atoms with Crippen LogP contribution in [0.2, 0.25) is 0 Å². The first-order valence-corrected chi connectivity index (χ1v) is 7.07. The zero-order valence-electron chi connectivity index (χ0n) is 12.4. The van der Waals surface area contributed by atoms with Crippen LogP contribution >= 0.6 is 0 Å². The smallest absolute Gasteiger partial charge is 0.251 e. The molecule has 0 radical (unpaired) electrons. The molecule has 1 fully saturated rings. The minimum absolute atomic E-state index is 0.0304. The van der Waals surface area contributed by atoms with Crippen molar-refractivity contribution >= 4 is 17.5 Å². The van der Waals surface area contributed by atoms with Gasteiger partial charge in [-0.2, -0.15) is 0 Å². The second kappa shape index (κ2) is 6.47. The molecule has 21 heavy (non-hydrogen) atoms. The van der Waals surface area contributed by atoms with Crippen molar-refractivity contribution in [1.29, 1.82) is 0 Å². The minimum Gasteiger partial charge on any atom is -0.494 e. The number of carbonyl (C=O) groups is 2. The third-order valence-corrected chi connectivity index (χ3v) is 3.46. The maximum absolute atomic E-state index is 12.3. The predicted octanol–water partition coefficient (Wildman–Crippen LogP) is 1.02. The fourth-order valence-corrected chi connectivity index (χ4v) is 2.40. The van der Waals surface area contributed by atoms with Crippen LogP contribution in [-0.4, -0.2) is 43.0 Å². The van der Waals surface area contributed by atoms with Crippen LogP contribution in [0.3, 0.4) is 0 Å². The molecular weight excluding hydrogens is 270 g/mol. The van der Waals surface area contributed by atoms with Crippen molar-refractivity contribution in [1.82, 2.24) is 10.2 Å². The van der Waals surface area contributed by atoms with Gasteiger partial charge in [-0.1, -0.05) is 0 Å². The number of hydrogen-bond donors (Lipinski definition) is 2. The van der Waals surface area contributed by atoms with Gasteiger partial charge in [0.15, 0.2) is 0 Å². The van der Waals surface area contributed by atoms with E-state index in [4.69, 9.17) is 10.5 Å². The van der Waals surface area contributed by atoms with E-state index in [9.17, 15) is 9.59 Å². The maximum Gasteiger partial charge on any atom is 0.251 e. The molecule has 6 heteroatoms. The summed E-state index contributed by atoms with van der Waals surface area (Å²) in [4.78, 5) is 25.4. The molecule has 0 aliphatic carbocycles. The third-order valence-electron chi connectivity index (χ3n) is 3.46. The maximum atomic E-state index is 12.3. The number of hydrogen-bond acceptors (Lipinski definition) is 4. The van der Waals surface area contributed by atoms with Crippen molar-refractivity contribution in [3.63, 3.8) is 0 Å². The summed E-state index contributed by atoms with van der Waals surface area (Å²) < 4.78 is 5.39. The lowest BCUT2D eigenvalue weighted by atomic mass is 10.0. The van der Waals surface area contributed by atoms with E-state index in [0.29, 0.717) is 43.0 Å². The van der Waals surface area contributed by atoms with Gasteiger partial charge in [0.1, 0.15) is 5.75 Å². The number of likely N-dealkylation sites (tertiary alicyclic amines) is 1. The Morgan fingerprint density at radius 3 is 2.90 bits per heavy atom.